The molecule has 1 aliphatic rings. The van der Waals surface area contributed by atoms with Gasteiger partial charge in [-0.25, -0.2) is 0 Å². The molecule has 0 amide bonds. The zero-order valence-electron chi connectivity index (χ0n) is 13.7. The molecule has 2 aromatic carbocycles. The summed E-state index contributed by atoms with van der Waals surface area (Å²) in [5.74, 6) is 0.988. The molecule has 0 saturated carbocycles. The summed E-state index contributed by atoms with van der Waals surface area (Å²) >= 11 is 0. The summed E-state index contributed by atoms with van der Waals surface area (Å²) in [4.78, 5) is 9.20. The largest absolute Gasteiger partial charge is 0.368 e. The van der Waals surface area contributed by atoms with Crippen LogP contribution in [0.5, 0.6) is 0 Å². The first-order chi connectivity index (χ1) is 11.4. The molecule has 0 aromatic heterocycles. The van der Waals surface area contributed by atoms with Crippen molar-refractivity contribution in [3.8, 4) is 0 Å². The molecule has 0 unspecified atom stereocenters. The monoisotopic (exact) mass is 308 g/mol. The van der Waals surface area contributed by atoms with E-state index in [2.05, 4.69) is 74.7 Å². The van der Waals surface area contributed by atoms with Crippen LogP contribution in [0.3, 0.4) is 0 Å². The van der Waals surface area contributed by atoms with E-state index in [0.717, 1.165) is 38.7 Å². The highest BCUT2D eigenvalue weighted by Gasteiger charge is 2.19. The summed E-state index contributed by atoms with van der Waals surface area (Å²) in [7, 11) is 1.86. The molecule has 0 atom stereocenters. The molecule has 0 spiro atoms. The molecule has 0 bridgehead atoms. The Bertz CT molecular complexity index is 616. The summed E-state index contributed by atoms with van der Waals surface area (Å²) < 4.78 is 0. The Kier molecular flexibility index (Phi) is 5.14. The van der Waals surface area contributed by atoms with Crippen molar-refractivity contribution in [2.45, 2.75) is 6.54 Å². The predicted octanol–water partition coefficient (Wildman–Crippen LogP) is 2.58. The van der Waals surface area contributed by atoms with Crippen molar-refractivity contribution < 1.29 is 0 Å². The number of nitrogens with one attached hydrogen (secondary N) is 1. The lowest BCUT2D eigenvalue weighted by Crippen LogP contribution is -2.52. The molecule has 1 saturated heterocycles. The van der Waals surface area contributed by atoms with Gasteiger partial charge < -0.3 is 15.1 Å². The number of anilines is 1. The molecular weight excluding hydrogens is 284 g/mol. The first kappa shape index (κ1) is 15.4. The molecule has 1 aliphatic heterocycles. The first-order valence-corrected chi connectivity index (χ1v) is 8.16. The average molecular weight is 308 g/mol. The van der Waals surface area contributed by atoms with Crippen LogP contribution in [0.2, 0.25) is 0 Å². The molecule has 0 radical (unpaired) electrons. The third-order valence-corrected chi connectivity index (χ3v) is 4.21. The molecule has 120 valence electrons. The second-order valence-electron chi connectivity index (χ2n) is 5.70. The maximum atomic E-state index is 4.44. The van der Waals surface area contributed by atoms with Crippen molar-refractivity contribution in [3.05, 3.63) is 66.2 Å². The molecule has 4 nitrogen and oxygen atoms in total. The Labute approximate surface area is 138 Å². The SMILES string of the molecule is CN=C(NCc1ccccc1)N1CCN(c2ccccc2)CC1. The van der Waals surface area contributed by atoms with Crippen molar-refractivity contribution in [1.82, 2.24) is 10.2 Å². The highest BCUT2D eigenvalue weighted by molar-refractivity contribution is 5.80. The molecule has 1 N–H and O–H groups in total. The second-order valence-corrected chi connectivity index (χ2v) is 5.70. The number of piperazine rings is 1. The number of rotatable bonds is 3. The summed E-state index contributed by atoms with van der Waals surface area (Å²) in [5, 5.41) is 3.47. The fourth-order valence-electron chi connectivity index (χ4n) is 2.92. The van der Waals surface area contributed by atoms with Gasteiger partial charge in [0.2, 0.25) is 0 Å². The summed E-state index contributed by atoms with van der Waals surface area (Å²) in [6, 6.07) is 21.1. The number of benzene rings is 2. The number of hydrogen-bond acceptors (Lipinski definition) is 2. The number of guanidine groups is 1. The van der Waals surface area contributed by atoms with Crippen LogP contribution in [-0.2, 0) is 6.54 Å². The Morgan fingerprint density at radius 1 is 0.913 bits per heavy atom. The zero-order valence-corrected chi connectivity index (χ0v) is 13.7. The van der Waals surface area contributed by atoms with Crippen molar-refractivity contribution in [1.29, 1.82) is 0 Å². The summed E-state index contributed by atoms with van der Waals surface area (Å²) in [6.07, 6.45) is 0. The van der Waals surface area contributed by atoms with E-state index in [9.17, 15) is 0 Å². The van der Waals surface area contributed by atoms with Gasteiger partial charge in [0.15, 0.2) is 5.96 Å². The molecule has 3 rings (SSSR count). The molecular formula is C19H24N4. The van der Waals surface area contributed by atoms with Crippen LogP contribution in [0.1, 0.15) is 5.56 Å². The van der Waals surface area contributed by atoms with Gasteiger partial charge in [-0.2, -0.15) is 0 Å². The van der Waals surface area contributed by atoms with Crippen molar-refractivity contribution in [3.63, 3.8) is 0 Å². The quantitative estimate of drug-likeness (QED) is 0.698. The summed E-state index contributed by atoms with van der Waals surface area (Å²) in [5.41, 5.74) is 2.58. The number of hydrogen-bond donors (Lipinski definition) is 1. The zero-order chi connectivity index (χ0) is 15.9. The Hall–Kier alpha value is -2.49. The molecule has 1 heterocycles. The smallest absolute Gasteiger partial charge is 0.194 e. The predicted molar refractivity (Wildman–Crippen MR) is 96.9 cm³/mol. The fourth-order valence-corrected chi connectivity index (χ4v) is 2.92. The minimum Gasteiger partial charge on any atom is -0.368 e. The van der Waals surface area contributed by atoms with Gasteiger partial charge in [0.05, 0.1) is 0 Å². The van der Waals surface area contributed by atoms with Crippen LogP contribution in [0.25, 0.3) is 0 Å². The molecule has 2 aromatic rings. The van der Waals surface area contributed by atoms with Gasteiger partial charge in [-0.15, -0.1) is 0 Å². The van der Waals surface area contributed by atoms with Gasteiger partial charge in [0.1, 0.15) is 0 Å². The van der Waals surface area contributed by atoms with E-state index in [1.807, 2.05) is 13.1 Å². The van der Waals surface area contributed by atoms with E-state index in [1.165, 1.54) is 11.3 Å². The Morgan fingerprint density at radius 3 is 2.13 bits per heavy atom. The van der Waals surface area contributed by atoms with Crippen LogP contribution in [0.15, 0.2) is 65.7 Å². The van der Waals surface area contributed by atoms with Crippen molar-refractivity contribution in [2.24, 2.45) is 4.99 Å². The lowest BCUT2D eigenvalue weighted by atomic mass is 10.2. The highest BCUT2D eigenvalue weighted by atomic mass is 15.3. The summed E-state index contributed by atoms with van der Waals surface area (Å²) in [6.45, 7) is 4.84. The van der Waals surface area contributed by atoms with Gasteiger partial charge in [-0.3, -0.25) is 4.99 Å². The maximum Gasteiger partial charge on any atom is 0.194 e. The van der Waals surface area contributed by atoms with Crippen LogP contribution < -0.4 is 10.2 Å². The lowest BCUT2D eigenvalue weighted by molar-refractivity contribution is 0.372. The fraction of sp³-hybridized carbons (Fsp3) is 0.316. The molecule has 0 aliphatic carbocycles. The lowest BCUT2D eigenvalue weighted by Gasteiger charge is -2.37. The standard InChI is InChI=1S/C19H24N4/c1-20-19(21-16-17-8-4-2-5-9-17)23-14-12-22(13-15-23)18-10-6-3-7-11-18/h2-11H,12-16H2,1H3,(H,20,21). The molecule has 23 heavy (non-hydrogen) atoms. The maximum absolute atomic E-state index is 4.44. The van der Waals surface area contributed by atoms with Gasteiger partial charge in [0, 0.05) is 45.5 Å². The third-order valence-electron chi connectivity index (χ3n) is 4.21. The van der Waals surface area contributed by atoms with Gasteiger partial charge >= 0.3 is 0 Å². The van der Waals surface area contributed by atoms with E-state index < -0.39 is 0 Å². The minimum atomic E-state index is 0.812. The van der Waals surface area contributed by atoms with Crippen LogP contribution in [-0.4, -0.2) is 44.1 Å². The van der Waals surface area contributed by atoms with Gasteiger partial charge in [-0.1, -0.05) is 48.5 Å². The van der Waals surface area contributed by atoms with E-state index >= 15 is 0 Å². The van der Waals surface area contributed by atoms with Gasteiger partial charge in [-0.05, 0) is 17.7 Å². The number of nitrogens with zero attached hydrogens (tertiary/aromatic N) is 3. The van der Waals surface area contributed by atoms with Crippen LogP contribution in [0, 0.1) is 0 Å². The average Bonchev–Trinajstić information content (AvgIpc) is 2.64. The van der Waals surface area contributed by atoms with Crippen molar-refractivity contribution >= 4 is 11.6 Å². The first-order valence-electron chi connectivity index (χ1n) is 8.16. The normalized spacial score (nSPS) is 15.6. The second kappa shape index (κ2) is 7.68. The van der Waals surface area contributed by atoms with E-state index in [0.29, 0.717) is 0 Å². The van der Waals surface area contributed by atoms with Crippen LogP contribution in [0.4, 0.5) is 5.69 Å². The minimum absolute atomic E-state index is 0.812. The highest BCUT2D eigenvalue weighted by Crippen LogP contribution is 2.15. The number of aliphatic imine (C=N–C) groups is 1. The third kappa shape index (κ3) is 4.03. The van der Waals surface area contributed by atoms with Crippen LogP contribution >= 0.6 is 0 Å². The van der Waals surface area contributed by atoms with Gasteiger partial charge in [0.25, 0.3) is 0 Å². The van der Waals surface area contributed by atoms with Crippen molar-refractivity contribution in [2.75, 3.05) is 38.1 Å². The number of para-hydroxylation sites is 1. The Balaban J connectivity index is 1.53. The molecule has 1 fully saturated rings. The van der Waals surface area contributed by atoms with E-state index in [4.69, 9.17) is 0 Å². The Morgan fingerprint density at radius 2 is 1.52 bits per heavy atom. The molecule has 4 heteroatoms. The topological polar surface area (TPSA) is 30.9 Å². The van der Waals surface area contributed by atoms with E-state index in [-0.39, 0.29) is 0 Å². The van der Waals surface area contributed by atoms with E-state index in [1.54, 1.807) is 0 Å².